The summed E-state index contributed by atoms with van der Waals surface area (Å²) in [7, 11) is 0. The van der Waals surface area contributed by atoms with Gasteiger partial charge in [-0.25, -0.2) is 0 Å². The van der Waals surface area contributed by atoms with Crippen LogP contribution in [0.2, 0.25) is 0 Å². The zero-order valence-corrected chi connectivity index (χ0v) is 13.1. The quantitative estimate of drug-likeness (QED) is 0.389. The molecule has 0 fully saturated rings. The predicted molar refractivity (Wildman–Crippen MR) is 87.9 cm³/mol. The fourth-order valence-corrected chi connectivity index (χ4v) is 1.69. The lowest BCUT2D eigenvalue weighted by atomic mass is 10.1. The van der Waals surface area contributed by atoms with Crippen LogP contribution in [0.25, 0.3) is 0 Å². The zero-order chi connectivity index (χ0) is 16.1. The Labute approximate surface area is 127 Å². The summed E-state index contributed by atoms with van der Waals surface area (Å²) in [5.74, 6) is 0. The van der Waals surface area contributed by atoms with E-state index < -0.39 is 12.2 Å². The van der Waals surface area contributed by atoms with Crippen molar-refractivity contribution in [2.24, 2.45) is 0 Å². The molecule has 0 rings (SSSR count). The lowest BCUT2D eigenvalue weighted by Crippen LogP contribution is -2.23. The van der Waals surface area contributed by atoms with Crippen LogP contribution in [0.15, 0.2) is 59.8 Å². The fourth-order valence-electron chi connectivity index (χ4n) is 1.69. The number of aliphatic hydroxyl groups is 2. The van der Waals surface area contributed by atoms with Gasteiger partial charge in [-0.15, -0.1) is 0 Å². The number of carbonyl (C=O) groups is 1. The summed E-state index contributed by atoms with van der Waals surface area (Å²) in [6, 6.07) is 0. The molecule has 0 aliphatic rings. The van der Waals surface area contributed by atoms with E-state index in [-0.39, 0.29) is 0 Å². The van der Waals surface area contributed by atoms with E-state index in [2.05, 4.69) is 0 Å². The van der Waals surface area contributed by atoms with Gasteiger partial charge in [0, 0.05) is 0 Å². The third kappa shape index (κ3) is 10.7. The molecular formula is C18H26O3. The molecule has 3 nitrogen and oxygen atoms in total. The van der Waals surface area contributed by atoms with Crippen molar-refractivity contribution in [1.29, 1.82) is 0 Å². The number of hydrogen-bond acceptors (Lipinski definition) is 3. The maximum Gasteiger partial charge on any atom is 0.142 e. The fraction of sp³-hybridized carbons (Fsp3) is 0.389. The Morgan fingerprint density at radius 3 is 2.38 bits per heavy atom. The third-order valence-electron chi connectivity index (χ3n) is 2.76. The van der Waals surface area contributed by atoms with E-state index in [1.165, 1.54) is 6.08 Å². The highest BCUT2D eigenvalue weighted by Crippen LogP contribution is 2.04. The van der Waals surface area contributed by atoms with Gasteiger partial charge in [0.1, 0.15) is 6.29 Å². The van der Waals surface area contributed by atoms with Crippen LogP contribution >= 0.6 is 0 Å². The van der Waals surface area contributed by atoms with Gasteiger partial charge in [-0.1, -0.05) is 67.0 Å². The molecule has 21 heavy (non-hydrogen) atoms. The van der Waals surface area contributed by atoms with E-state index in [4.69, 9.17) is 0 Å². The van der Waals surface area contributed by atoms with Gasteiger partial charge in [0.2, 0.25) is 0 Å². The number of allylic oxidation sites excluding steroid dienone is 9. The standard InChI is InChI=1S/C18H26O3/c1-4-9-17(20)18(21)12-7-5-6-10-15(2)14-16(3)11-8-13-19/h5-8,10-14,17-18,20-21H,4,9H2,1-3H3/b6-5+,11-8+,12-7+,15-10+,16-14+. The van der Waals surface area contributed by atoms with Gasteiger partial charge < -0.3 is 10.2 Å². The summed E-state index contributed by atoms with van der Waals surface area (Å²) in [6.45, 7) is 5.85. The molecule has 0 aromatic heterocycles. The second-order valence-electron chi connectivity index (χ2n) is 4.91. The highest BCUT2D eigenvalue weighted by atomic mass is 16.3. The Hall–Kier alpha value is -1.71. The zero-order valence-electron chi connectivity index (χ0n) is 13.1. The van der Waals surface area contributed by atoms with Crippen LogP contribution in [0, 0.1) is 0 Å². The predicted octanol–water partition coefficient (Wildman–Crippen LogP) is 3.27. The van der Waals surface area contributed by atoms with E-state index in [9.17, 15) is 15.0 Å². The van der Waals surface area contributed by atoms with E-state index in [1.807, 2.05) is 39.0 Å². The van der Waals surface area contributed by atoms with Gasteiger partial charge >= 0.3 is 0 Å². The first-order chi connectivity index (χ1) is 10.0. The molecule has 2 N–H and O–H groups in total. The summed E-state index contributed by atoms with van der Waals surface area (Å²) in [6.07, 6.45) is 14.7. The Kier molecular flexibility index (Phi) is 11.1. The number of hydrogen-bond donors (Lipinski definition) is 2. The first-order valence-electron chi connectivity index (χ1n) is 7.19. The summed E-state index contributed by atoms with van der Waals surface area (Å²) in [4.78, 5) is 10.2. The van der Waals surface area contributed by atoms with Crippen molar-refractivity contribution < 1.29 is 15.0 Å². The summed E-state index contributed by atoms with van der Waals surface area (Å²) < 4.78 is 0. The Morgan fingerprint density at radius 2 is 1.76 bits per heavy atom. The van der Waals surface area contributed by atoms with Gasteiger partial charge in [-0.3, -0.25) is 4.79 Å². The highest BCUT2D eigenvalue weighted by Gasteiger charge is 2.10. The first kappa shape index (κ1) is 19.3. The lowest BCUT2D eigenvalue weighted by Gasteiger charge is -2.12. The van der Waals surface area contributed by atoms with Crippen molar-refractivity contribution in [3.05, 3.63) is 59.8 Å². The number of aliphatic hydroxyl groups excluding tert-OH is 2. The Bertz CT molecular complexity index is 439. The molecule has 0 aliphatic heterocycles. The molecule has 0 heterocycles. The first-order valence-corrected chi connectivity index (χ1v) is 7.19. The normalized spacial score (nSPS) is 17.0. The summed E-state index contributed by atoms with van der Waals surface area (Å²) in [5, 5.41) is 19.2. The van der Waals surface area contributed by atoms with E-state index in [0.29, 0.717) is 6.42 Å². The molecule has 0 aromatic rings. The van der Waals surface area contributed by atoms with Crippen molar-refractivity contribution in [2.75, 3.05) is 0 Å². The molecule has 0 bridgehead atoms. The molecule has 0 saturated carbocycles. The molecule has 0 radical (unpaired) electrons. The van der Waals surface area contributed by atoms with Crippen LogP contribution in [0.3, 0.4) is 0 Å². The van der Waals surface area contributed by atoms with E-state index in [0.717, 1.165) is 23.9 Å². The SMILES string of the molecule is CCCC(O)C(O)/C=C/C=C/C=C(C)/C=C(C)/C=C/C=O. The molecule has 0 saturated heterocycles. The number of aldehydes is 1. The third-order valence-corrected chi connectivity index (χ3v) is 2.76. The number of rotatable bonds is 9. The molecule has 0 spiro atoms. The van der Waals surface area contributed by atoms with Crippen LogP contribution in [-0.4, -0.2) is 28.7 Å². The topological polar surface area (TPSA) is 57.5 Å². The molecule has 0 aliphatic carbocycles. The van der Waals surface area contributed by atoms with Crippen molar-refractivity contribution in [2.45, 2.75) is 45.8 Å². The minimum atomic E-state index is -0.824. The van der Waals surface area contributed by atoms with Crippen molar-refractivity contribution >= 4 is 6.29 Å². The van der Waals surface area contributed by atoms with Gasteiger partial charge in [0.05, 0.1) is 12.2 Å². The maximum absolute atomic E-state index is 10.2. The van der Waals surface area contributed by atoms with Crippen molar-refractivity contribution in [3.63, 3.8) is 0 Å². The molecular weight excluding hydrogens is 264 g/mol. The lowest BCUT2D eigenvalue weighted by molar-refractivity contribution is -0.104. The van der Waals surface area contributed by atoms with Crippen LogP contribution < -0.4 is 0 Å². The smallest absolute Gasteiger partial charge is 0.142 e. The van der Waals surface area contributed by atoms with Crippen LogP contribution in [0.5, 0.6) is 0 Å². The molecule has 0 aromatic carbocycles. The maximum atomic E-state index is 10.2. The monoisotopic (exact) mass is 290 g/mol. The largest absolute Gasteiger partial charge is 0.390 e. The van der Waals surface area contributed by atoms with Crippen LogP contribution in [0.4, 0.5) is 0 Å². The van der Waals surface area contributed by atoms with Gasteiger partial charge in [0.25, 0.3) is 0 Å². The summed E-state index contributed by atoms with van der Waals surface area (Å²) >= 11 is 0. The average molecular weight is 290 g/mol. The minimum Gasteiger partial charge on any atom is -0.390 e. The Balaban J connectivity index is 4.39. The van der Waals surface area contributed by atoms with Gasteiger partial charge in [-0.2, -0.15) is 0 Å². The second kappa shape index (κ2) is 12.1. The number of carbonyl (C=O) groups excluding carboxylic acids is 1. The molecule has 3 heteroatoms. The van der Waals surface area contributed by atoms with E-state index >= 15 is 0 Å². The molecule has 2 atom stereocenters. The molecule has 0 amide bonds. The highest BCUT2D eigenvalue weighted by molar-refractivity contribution is 5.65. The van der Waals surface area contributed by atoms with Crippen LogP contribution in [-0.2, 0) is 4.79 Å². The van der Waals surface area contributed by atoms with Crippen LogP contribution in [0.1, 0.15) is 33.6 Å². The van der Waals surface area contributed by atoms with Gasteiger partial charge in [-0.05, 0) is 26.3 Å². The minimum absolute atomic E-state index is 0.590. The summed E-state index contributed by atoms with van der Waals surface area (Å²) in [5.41, 5.74) is 2.05. The van der Waals surface area contributed by atoms with E-state index in [1.54, 1.807) is 24.3 Å². The van der Waals surface area contributed by atoms with Gasteiger partial charge in [0.15, 0.2) is 0 Å². The molecule has 2 unspecified atom stereocenters. The van der Waals surface area contributed by atoms with Crippen molar-refractivity contribution in [3.8, 4) is 0 Å². The average Bonchev–Trinajstić information content (AvgIpc) is 2.44. The van der Waals surface area contributed by atoms with Crippen molar-refractivity contribution in [1.82, 2.24) is 0 Å². The second-order valence-corrected chi connectivity index (χ2v) is 4.91. The molecule has 116 valence electrons. The Morgan fingerprint density at radius 1 is 1.05 bits per heavy atom.